The van der Waals surface area contributed by atoms with Crippen molar-refractivity contribution in [3.05, 3.63) is 48.6 Å². The van der Waals surface area contributed by atoms with Gasteiger partial charge in [-0.2, -0.15) is 0 Å². The fourth-order valence-corrected chi connectivity index (χ4v) is 2.22. The second-order valence-electron chi connectivity index (χ2n) is 4.33. The molecule has 1 unspecified atom stereocenters. The van der Waals surface area contributed by atoms with Crippen LogP contribution in [0.1, 0.15) is 13.8 Å². The topological polar surface area (TPSA) is 18.5 Å². The fourth-order valence-electron chi connectivity index (χ4n) is 2.22. The minimum absolute atomic E-state index is 0.679. The second kappa shape index (κ2) is 3.52. The monoisotopic (exact) mass is 226 g/mol. The molecule has 1 aliphatic rings. The van der Waals surface area contributed by atoms with E-state index in [9.17, 15) is 0 Å². The molecule has 2 heteroatoms. The number of allylic oxidation sites excluding steroid dienone is 1. The Morgan fingerprint density at radius 3 is 2.71 bits per heavy atom. The summed E-state index contributed by atoms with van der Waals surface area (Å²) < 4.78 is 11.8. The summed E-state index contributed by atoms with van der Waals surface area (Å²) in [5.74, 6) is 0.967. The summed E-state index contributed by atoms with van der Waals surface area (Å²) in [7, 11) is 0. The number of rotatable bonds is 1. The average molecular weight is 226 g/mol. The van der Waals surface area contributed by atoms with Crippen LogP contribution in [-0.2, 0) is 0 Å². The van der Waals surface area contributed by atoms with Crippen molar-refractivity contribution in [3.63, 3.8) is 0 Å². The van der Waals surface area contributed by atoms with Crippen molar-refractivity contribution in [2.45, 2.75) is 19.6 Å². The highest BCUT2D eigenvalue weighted by molar-refractivity contribution is 5.91. The van der Waals surface area contributed by atoms with E-state index < -0.39 is 5.79 Å². The summed E-state index contributed by atoms with van der Waals surface area (Å²) >= 11 is 0. The van der Waals surface area contributed by atoms with Gasteiger partial charge in [0.2, 0.25) is 0 Å². The van der Waals surface area contributed by atoms with Crippen LogP contribution in [0, 0.1) is 0 Å². The minimum Gasteiger partial charge on any atom is -0.445 e. The first-order chi connectivity index (χ1) is 8.22. The van der Waals surface area contributed by atoms with Crippen LogP contribution in [0.15, 0.2) is 48.6 Å². The molecule has 1 atom stereocenters. The van der Waals surface area contributed by atoms with Gasteiger partial charge >= 0.3 is 0 Å². The number of hydrogen-bond acceptors (Lipinski definition) is 2. The third-order valence-corrected chi connectivity index (χ3v) is 2.93. The molecule has 0 bridgehead atoms. The van der Waals surface area contributed by atoms with Gasteiger partial charge in [0.1, 0.15) is 0 Å². The van der Waals surface area contributed by atoms with E-state index in [1.807, 2.05) is 44.2 Å². The summed E-state index contributed by atoms with van der Waals surface area (Å²) in [6, 6.07) is 12.2. The number of hydrogen-bond donors (Lipinski definition) is 0. The maximum absolute atomic E-state index is 5.94. The highest BCUT2D eigenvalue weighted by Gasteiger charge is 2.34. The van der Waals surface area contributed by atoms with Crippen LogP contribution >= 0.6 is 0 Å². The summed E-state index contributed by atoms with van der Waals surface area (Å²) in [6.07, 6.45) is 3.86. The molecule has 17 heavy (non-hydrogen) atoms. The summed E-state index contributed by atoms with van der Waals surface area (Å²) in [5.41, 5.74) is 0. The fraction of sp³-hybridized carbons (Fsp3) is 0.200. The van der Waals surface area contributed by atoms with E-state index in [4.69, 9.17) is 9.47 Å². The molecule has 0 spiro atoms. The number of fused-ring (bicyclic) bond motifs is 3. The molecule has 2 aromatic rings. The van der Waals surface area contributed by atoms with Gasteiger partial charge in [0.15, 0.2) is 11.5 Å². The quantitative estimate of drug-likeness (QED) is 0.686. The maximum atomic E-state index is 5.94. The van der Waals surface area contributed by atoms with Gasteiger partial charge in [0, 0.05) is 12.3 Å². The SMILES string of the molecule is C/C=C/C1(C)Oc2ccc3ccccc3c2O1. The lowest BCUT2D eigenvalue weighted by Gasteiger charge is -2.18. The van der Waals surface area contributed by atoms with Gasteiger partial charge < -0.3 is 9.47 Å². The predicted molar refractivity (Wildman–Crippen MR) is 68.4 cm³/mol. The number of benzene rings is 2. The summed E-state index contributed by atoms with van der Waals surface area (Å²) in [6.45, 7) is 3.88. The third-order valence-electron chi connectivity index (χ3n) is 2.93. The Morgan fingerprint density at radius 1 is 1.06 bits per heavy atom. The summed E-state index contributed by atoms with van der Waals surface area (Å²) in [4.78, 5) is 0. The van der Waals surface area contributed by atoms with E-state index in [-0.39, 0.29) is 0 Å². The van der Waals surface area contributed by atoms with Crippen LogP contribution in [0.3, 0.4) is 0 Å². The highest BCUT2D eigenvalue weighted by atomic mass is 16.7. The van der Waals surface area contributed by atoms with Gasteiger partial charge in [0.05, 0.1) is 0 Å². The van der Waals surface area contributed by atoms with Gasteiger partial charge in [-0.15, -0.1) is 0 Å². The van der Waals surface area contributed by atoms with Gasteiger partial charge in [-0.3, -0.25) is 0 Å². The van der Waals surface area contributed by atoms with Crippen molar-refractivity contribution in [2.24, 2.45) is 0 Å². The van der Waals surface area contributed by atoms with Crippen molar-refractivity contribution in [3.8, 4) is 11.5 Å². The molecule has 86 valence electrons. The molecule has 0 N–H and O–H groups in total. The second-order valence-corrected chi connectivity index (χ2v) is 4.33. The van der Waals surface area contributed by atoms with Gasteiger partial charge in [0.25, 0.3) is 5.79 Å². The Hall–Kier alpha value is -1.96. The zero-order valence-corrected chi connectivity index (χ0v) is 9.94. The molecule has 1 aliphatic heterocycles. The van der Waals surface area contributed by atoms with E-state index in [1.165, 1.54) is 5.39 Å². The Bertz CT molecular complexity index is 601. The zero-order chi connectivity index (χ0) is 11.9. The van der Waals surface area contributed by atoms with E-state index in [1.54, 1.807) is 0 Å². The van der Waals surface area contributed by atoms with Crippen LogP contribution in [-0.4, -0.2) is 5.79 Å². The summed E-state index contributed by atoms with van der Waals surface area (Å²) in [5, 5.41) is 2.26. The molecule has 2 aromatic carbocycles. The van der Waals surface area contributed by atoms with Crippen molar-refractivity contribution < 1.29 is 9.47 Å². The molecule has 0 saturated heterocycles. The van der Waals surface area contributed by atoms with Crippen LogP contribution < -0.4 is 9.47 Å². The van der Waals surface area contributed by atoms with E-state index >= 15 is 0 Å². The first-order valence-corrected chi connectivity index (χ1v) is 5.75. The predicted octanol–water partition coefficient (Wildman–Crippen LogP) is 3.90. The van der Waals surface area contributed by atoms with Crippen molar-refractivity contribution in [2.75, 3.05) is 0 Å². The standard InChI is InChI=1S/C15H14O2/c1-3-10-15(2)16-13-9-8-11-6-4-5-7-12(11)14(13)17-15/h3-10H,1-2H3/b10-3+. The van der Waals surface area contributed by atoms with Gasteiger partial charge in [-0.25, -0.2) is 0 Å². The van der Waals surface area contributed by atoms with Crippen molar-refractivity contribution >= 4 is 10.8 Å². The molecule has 0 radical (unpaired) electrons. The van der Waals surface area contributed by atoms with E-state index in [0.717, 1.165) is 16.9 Å². The van der Waals surface area contributed by atoms with Crippen LogP contribution in [0.5, 0.6) is 11.5 Å². The Labute approximate surface area is 100 Å². The zero-order valence-electron chi connectivity index (χ0n) is 9.94. The Morgan fingerprint density at radius 2 is 1.88 bits per heavy atom. The first-order valence-electron chi connectivity index (χ1n) is 5.75. The van der Waals surface area contributed by atoms with Crippen LogP contribution in [0.25, 0.3) is 10.8 Å². The maximum Gasteiger partial charge on any atom is 0.268 e. The normalized spacial score (nSPS) is 22.5. The Balaban J connectivity index is 2.17. The smallest absolute Gasteiger partial charge is 0.268 e. The first kappa shape index (κ1) is 10.2. The van der Waals surface area contributed by atoms with E-state index in [0.29, 0.717) is 0 Å². The molecule has 1 heterocycles. The lowest BCUT2D eigenvalue weighted by atomic mass is 10.1. The highest BCUT2D eigenvalue weighted by Crippen LogP contribution is 2.44. The van der Waals surface area contributed by atoms with Gasteiger partial charge in [-0.05, 0) is 24.5 Å². The van der Waals surface area contributed by atoms with E-state index in [2.05, 4.69) is 18.2 Å². The molecule has 0 fully saturated rings. The van der Waals surface area contributed by atoms with Crippen LogP contribution in [0.4, 0.5) is 0 Å². The van der Waals surface area contributed by atoms with Crippen molar-refractivity contribution in [1.82, 2.24) is 0 Å². The molecule has 0 aromatic heterocycles. The van der Waals surface area contributed by atoms with Crippen LogP contribution in [0.2, 0.25) is 0 Å². The Kier molecular flexibility index (Phi) is 2.11. The average Bonchev–Trinajstić information content (AvgIpc) is 2.66. The minimum atomic E-state index is -0.679. The molecule has 2 nitrogen and oxygen atoms in total. The van der Waals surface area contributed by atoms with Gasteiger partial charge in [-0.1, -0.05) is 36.4 Å². The lowest BCUT2D eigenvalue weighted by molar-refractivity contribution is -0.0137. The largest absolute Gasteiger partial charge is 0.445 e. The molecular weight excluding hydrogens is 212 g/mol. The van der Waals surface area contributed by atoms with Crippen molar-refractivity contribution in [1.29, 1.82) is 0 Å². The number of ether oxygens (including phenoxy) is 2. The molecule has 0 amide bonds. The molecular formula is C15H14O2. The molecule has 0 aliphatic carbocycles. The molecule has 3 rings (SSSR count). The lowest BCUT2D eigenvalue weighted by Crippen LogP contribution is -2.31. The third kappa shape index (κ3) is 1.57. The molecule has 0 saturated carbocycles.